The van der Waals surface area contributed by atoms with Gasteiger partial charge in [-0.25, -0.2) is 9.18 Å². The second-order valence-corrected chi connectivity index (χ2v) is 3.83. The lowest BCUT2D eigenvalue weighted by Crippen LogP contribution is -2.19. The Bertz CT molecular complexity index is 444. The maximum absolute atomic E-state index is 13.7. The zero-order valence-electron chi connectivity index (χ0n) is 9.40. The molecule has 1 atom stereocenters. The highest BCUT2D eigenvalue weighted by Crippen LogP contribution is 2.35. The van der Waals surface area contributed by atoms with Gasteiger partial charge in [0.05, 0.1) is 19.3 Å². The molecule has 1 heterocycles. The van der Waals surface area contributed by atoms with E-state index >= 15 is 0 Å². The van der Waals surface area contributed by atoms with Gasteiger partial charge < -0.3 is 14.6 Å². The van der Waals surface area contributed by atoms with Crippen LogP contribution in [0.3, 0.4) is 0 Å². The molecular formula is C12H13FO4. The van der Waals surface area contributed by atoms with Gasteiger partial charge in [0.1, 0.15) is 11.6 Å². The summed E-state index contributed by atoms with van der Waals surface area (Å²) in [5, 5.41) is 9.73. The van der Waals surface area contributed by atoms with Gasteiger partial charge in [0, 0.05) is 0 Å². The fourth-order valence-electron chi connectivity index (χ4n) is 1.91. The van der Waals surface area contributed by atoms with Gasteiger partial charge in [0.2, 0.25) is 0 Å². The van der Waals surface area contributed by atoms with Crippen molar-refractivity contribution in [2.75, 3.05) is 13.7 Å². The maximum Gasteiger partial charge on any atom is 0.339 e. The Hall–Kier alpha value is -1.62. The molecule has 0 radical (unpaired) electrons. The summed E-state index contributed by atoms with van der Waals surface area (Å²) in [6.07, 6.45) is -0.0591. The van der Waals surface area contributed by atoms with Crippen molar-refractivity contribution in [2.24, 2.45) is 0 Å². The molecule has 1 aromatic rings. The van der Waals surface area contributed by atoms with Crippen molar-refractivity contribution < 1.29 is 23.8 Å². The predicted molar refractivity (Wildman–Crippen MR) is 57.2 cm³/mol. The van der Waals surface area contributed by atoms with Crippen LogP contribution >= 0.6 is 0 Å². The number of fused-ring (bicyclic) bond motifs is 1. The quantitative estimate of drug-likeness (QED) is 0.793. The van der Waals surface area contributed by atoms with E-state index < -0.39 is 17.9 Å². The number of aryl methyl sites for hydroxylation is 1. The van der Waals surface area contributed by atoms with Crippen LogP contribution in [0.2, 0.25) is 0 Å². The lowest BCUT2D eigenvalue weighted by atomic mass is 9.98. The summed E-state index contributed by atoms with van der Waals surface area (Å²) >= 11 is 0. The molecule has 0 fully saturated rings. The zero-order chi connectivity index (χ0) is 12.4. The molecule has 0 spiro atoms. The van der Waals surface area contributed by atoms with Crippen LogP contribution in [0.15, 0.2) is 12.1 Å². The molecule has 0 saturated heterocycles. The lowest BCUT2D eigenvalue weighted by molar-refractivity contribution is -0.151. The normalized spacial score (nSPS) is 15.7. The summed E-state index contributed by atoms with van der Waals surface area (Å²) in [6, 6.07) is 2.84. The average molecular weight is 240 g/mol. The van der Waals surface area contributed by atoms with E-state index in [1.165, 1.54) is 6.07 Å². The second-order valence-electron chi connectivity index (χ2n) is 3.83. The van der Waals surface area contributed by atoms with Crippen LogP contribution in [0.1, 0.15) is 23.7 Å². The van der Waals surface area contributed by atoms with Gasteiger partial charge >= 0.3 is 5.97 Å². The molecule has 0 aliphatic carbocycles. The van der Waals surface area contributed by atoms with Crippen molar-refractivity contribution in [2.45, 2.75) is 18.9 Å². The smallest absolute Gasteiger partial charge is 0.339 e. The fraction of sp³-hybridized carbons (Fsp3) is 0.417. The van der Waals surface area contributed by atoms with Gasteiger partial charge in [-0.3, -0.25) is 0 Å². The van der Waals surface area contributed by atoms with Crippen LogP contribution in [-0.4, -0.2) is 24.8 Å². The SMILES string of the molecule is COC(=O)C(O)c1c(F)ccc2c1OCCC2. The number of hydrogen-bond donors (Lipinski definition) is 1. The number of aliphatic hydroxyl groups is 1. The van der Waals surface area contributed by atoms with Crippen LogP contribution in [0, 0.1) is 5.82 Å². The summed E-state index contributed by atoms with van der Waals surface area (Å²) < 4.78 is 23.4. The molecule has 0 aromatic heterocycles. The third-order valence-electron chi connectivity index (χ3n) is 2.76. The molecule has 1 aromatic carbocycles. The van der Waals surface area contributed by atoms with E-state index in [9.17, 15) is 14.3 Å². The van der Waals surface area contributed by atoms with Crippen LogP contribution < -0.4 is 4.74 Å². The summed E-state index contributed by atoms with van der Waals surface area (Å²) in [4.78, 5) is 11.3. The van der Waals surface area contributed by atoms with Gasteiger partial charge in [-0.2, -0.15) is 0 Å². The Morgan fingerprint density at radius 1 is 1.59 bits per heavy atom. The van der Waals surface area contributed by atoms with Crippen molar-refractivity contribution in [3.05, 3.63) is 29.1 Å². The predicted octanol–water partition coefficient (Wildman–Crippen LogP) is 1.36. The van der Waals surface area contributed by atoms with Crippen molar-refractivity contribution in [3.63, 3.8) is 0 Å². The van der Waals surface area contributed by atoms with Crippen LogP contribution in [0.25, 0.3) is 0 Å². The number of carbonyl (C=O) groups is 1. The highest BCUT2D eigenvalue weighted by atomic mass is 19.1. The standard InChI is InChI=1S/C12H13FO4/c1-16-12(15)10(14)9-8(13)5-4-7-3-2-6-17-11(7)9/h4-5,10,14H,2-3,6H2,1H3. The number of esters is 1. The van der Waals surface area contributed by atoms with E-state index in [1.807, 2.05) is 0 Å². The summed E-state index contributed by atoms with van der Waals surface area (Å²) in [7, 11) is 1.14. The number of hydrogen-bond acceptors (Lipinski definition) is 4. The monoisotopic (exact) mass is 240 g/mol. The Morgan fingerprint density at radius 3 is 3.06 bits per heavy atom. The molecule has 5 heteroatoms. The molecule has 1 aliphatic rings. The number of ether oxygens (including phenoxy) is 2. The summed E-state index contributed by atoms with van der Waals surface area (Å²) in [5.41, 5.74) is 0.671. The first-order chi connectivity index (χ1) is 8.15. The molecular weight excluding hydrogens is 227 g/mol. The van der Waals surface area contributed by atoms with Crippen molar-refractivity contribution in [1.29, 1.82) is 0 Å². The number of aliphatic hydroxyl groups excluding tert-OH is 1. The molecule has 0 amide bonds. The van der Waals surface area contributed by atoms with Crippen molar-refractivity contribution >= 4 is 5.97 Å². The second kappa shape index (κ2) is 4.71. The number of methoxy groups -OCH3 is 1. The minimum Gasteiger partial charge on any atom is -0.493 e. The Labute approximate surface area is 98.0 Å². The fourth-order valence-corrected chi connectivity index (χ4v) is 1.91. The molecule has 1 N–H and O–H groups in total. The van der Waals surface area contributed by atoms with E-state index in [0.717, 1.165) is 25.5 Å². The molecule has 2 rings (SSSR count). The van der Waals surface area contributed by atoms with E-state index in [0.29, 0.717) is 6.61 Å². The zero-order valence-corrected chi connectivity index (χ0v) is 9.40. The summed E-state index contributed by atoms with van der Waals surface area (Å²) in [5.74, 6) is -1.29. The molecule has 1 aliphatic heterocycles. The van der Waals surface area contributed by atoms with E-state index in [4.69, 9.17) is 4.74 Å². The van der Waals surface area contributed by atoms with E-state index in [1.54, 1.807) is 6.07 Å². The highest BCUT2D eigenvalue weighted by molar-refractivity contribution is 5.77. The number of carbonyl (C=O) groups excluding carboxylic acids is 1. The lowest BCUT2D eigenvalue weighted by Gasteiger charge is -2.22. The number of benzene rings is 1. The average Bonchev–Trinajstić information content (AvgIpc) is 2.37. The number of rotatable bonds is 2. The Kier molecular flexibility index (Phi) is 3.28. The molecule has 92 valence electrons. The Morgan fingerprint density at radius 2 is 2.35 bits per heavy atom. The minimum atomic E-state index is -1.65. The van der Waals surface area contributed by atoms with Gasteiger partial charge in [0.25, 0.3) is 0 Å². The first kappa shape index (κ1) is 11.9. The topological polar surface area (TPSA) is 55.8 Å². The molecule has 4 nitrogen and oxygen atoms in total. The van der Waals surface area contributed by atoms with Crippen LogP contribution in [-0.2, 0) is 16.0 Å². The molecule has 0 saturated carbocycles. The molecule has 17 heavy (non-hydrogen) atoms. The van der Waals surface area contributed by atoms with E-state index in [2.05, 4.69) is 4.74 Å². The molecule has 1 unspecified atom stereocenters. The largest absolute Gasteiger partial charge is 0.493 e. The third kappa shape index (κ3) is 2.10. The van der Waals surface area contributed by atoms with Crippen molar-refractivity contribution in [3.8, 4) is 5.75 Å². The highest BCUT2D eigenvalue weighted by Gasteiger charge is 2.28. The minimum absolute atomic E-state index is 0.131. The van der Waals surface area contributed by atoms with Crippen LogP contribution in [0.4, 0.5) is 4.39 Å². The first-order valence-corrected chi connectivity index (χ1v) is 5.35. The van der Waals surface area contributed by atoms with Crippen LogP contribution in [0.5, 0.6) is 5.75 Å². The van der Waals surface area contributed by atoms with Gasteiger partial charge in [-0.15, -0.1) is 0 Å². The van der Waals surface area contributed by atoms with Crippen molar-refractivity contribution in [1.82, 2.24) is 0 Å². The molecule has 0 bridgehead atoms. The maximum atomic E-state index is 13.7. The first-order valence-electron chi connectivity index (χ1n) is 5.35. The summed E-state index contributed by atoms with van der Waals surface area (Å²) in [6.45, 7) is 0.456. The van der Waals surface area contributed by atoms with Gasteiger partial charge in [-0.05, 0) is 24.5 Å². The number of halogens is 1. The van der Waals surface area contributed by atoms with Gasteiger partial charge in [-0.1, -0.05) is 6.07 Å². The van der Waals surface area contributed by atoms with E-state index in [-0.39, 0.29) is 11.3 Å². The third-order valence-corrected chi connectivity index (χ3v) is 2.76. The Balaban J connectivity index is 2.48. The van der Waals surface area contributed by atoms with Gasteiger partial charge in [0.15, 0.2) is 6.10 Å².